The molecular weight excluding hydrogens is 455 g/mol. The average molecular weight is 481 g/mol. The van der Waals surface area contributed by atoms with Crippen LogP contribution in [0.1, 0.15) is 29.2 Å². The Hall–Kier alpha value is -3.64. The predicted octanol–water partition coefficient (Wildman–Crippen LogP) is 5.88. The number of hydrogen-bond acceptors (Lipinski definition) is 4. The zero-order valence-corrected chi connectivity index (χ0v) is 19.6. The summed E-state index contributed by atoms with van der Waals surface area (Å²) in [5, 5.41) is 4.68. The van der Waals surface area contributed by atoms with E-state index < -0.39 is 0 Å². The van der Waals surface area contributed by atoms with Crippen molar-refractivity contribution in [3.8, 4) is 11.5 Å². The van der Waals surface area contributed by atoms with Crippen LogP contribution in [0.5, 0.6) is 11.5 Å². The van der Waals surface area contributed by atoms with Gasteiger partial charge in [0, 0.05) is 16.1 Å². The monoisotopic (exact) mass is 480 g/mol. The highest BCUT2D eigenvalue weighted by molar-refractivity contribution is 6.31. The molecule has 0 spiro atoms. The Bertz CT molecular complexity index is 1160. The third-order valence-corrected chi connectivity index (χ3v) is 5.20. The van der Waals surface area contributed by atoms with Crippen LogP contribution in [0.3, 0.4) is 0 Å². The second kappa shape index (κ2) is 12.6. The van der Waals surface area contributed by atoms with Gasteiger partial charge < -0.3 is 9.47 Å². The lowest BCUT2D eigenvalue weighted by Gasteiger charge is -2.17. The van der Waals surface area contributed by atoms with Gasteiger partial charge in [-0.15, -0.1) is 6.58 Å². The number of amides is 1. The van der Waals surface area contributed by atoms with Gasteiger partial charge in [0.05, 0.1) is 19.2 Å². The maximum absolute atomic E-state index is 13.0. The van der Waals surface area contributed by atoms with Crippen LogP contribution in [0.25, 0.3) is 0 Å². The van der Waals surface area contributed by atoms with Crippen LogP contribution in [0.15, 0.2) is 78.4 Å². The molecule has 5 nitrogen and oxygen atoms in total. The van der Waals surface area contributed by atoms with E-state index in [1.54, 1.807) is 24.3 Å². The predicted molar refractivity (Wildman–Crippen MR) is 133 cm³/mol. The number of nitrogens with zero attached hydrogens (tertiary/aromatic N) is 1. The second-order valence-electron chi connectivity index (χ2n) is 7.41. The van der Waals surface area contributed by atoms with E-state index in [2.05, 4.69) is 17.1 Å². The van der Waals surface area contributed by atoms with Gasteiger partial charge in [-0.25, -0.2) is 9.82 Å². The van der Waals surface area contributed by atoms with Gasteiger partial charge in [-0.3, -0.25) is 4.79 Å². The number of ether oxygens (including phenoxy) is 2. The van der Waals surface area contributed by atoms with Gasteiger partial charge in [-0.05, 0) is 54.8 Å². The SMILES string of the molecule is C=CCc1cc(/C=N/NC(=O)Cc2ccc(F)cc2)cc(OCC)c1OCc1ccccc1Cl. The molecule has 0 radical (unpaired) electrons. The minimum absolute atomic E-state index is 0.0956. The van der Waals surface area contributed by atoms with Gasteiger partial charge in [0.15, 0.2) is 11.5 Å². The van der Waals surface area contributed by atoms with Gasteiger partial charge in [0.1, 0.15) is 12.4 Å². The van der Waals surface area contributed by atoms with E-state index in [0.717, 1.165) is 16.7 Å². The molecule has 0 aromatic heterocycles. The Morgan fingerprint density at radius 2 is 1.88 bits per heavy atom. The number of allylic oxidation sites excluding steroid dienone is 1. The van der Waals surface area contributed by atoms with E-state index in [4.69, 9.17) is 21.1 Å². The van der Waals surface area contributed by atoms with E-state index in [0.29, 0.717) is 35.1 Å². The van der Waals surface area contributed by atoms with Crippen molar-refractivity contribution in [2.45, 2.75) is 26.4 Å². The average Bonchev–Trinajstić information content (AvgIpc) is 2.81. The first kappa shape index (κ1) is 25.0. The number of rotatable bonds is 11. The fourth-order valence-corrected chi connectivity index (χ4v) is 3.45. The van der Waals surface area contributed by atoms with E-state index in [1.165, 1.54) is 18.3 Å². The molecule has 0 atom stereocenters. The Morgan fingerprint density at radius 3 is 2.59 bits per heavy atom. The maximum atomic E-state index is 13.0. The van der Waals surface area contributed by atoms with Gasteiger partial charge in [0.25, 0.3) is 0 Å². The first-order chi connectivity index (χ1) is 16.5. The van der Waals surface area contributed by atoms with Crippen LogP contribution in [0.2, 0.25) is 5.02 Å². The smallest absolute Gasteiger partial charge is 0.244 e. The summed E-state index contributed by atoms with van der Waals surface area (Å²) in [6.07, 6.45) is 3.96. The molecule has 0 heterocycles. The molecule has 0 saturated carbocycles. The van der Waals surface area contributed by atoms with Crippen LogP contribution in [-0.2, 0) is 24.2 Å². The van der Waals surface area contributed by atoms with Crippen LogP contribution >= 0.6 is 11.6 Å². The third kappa shape index (κ3) is 7.18. The molecule has 7 heteroatoms. The zero-order chi connectivity index (χ0) is 24.3. The van der Waals surface area contributed by atoms with Gasteiger partial charge in [-0.1, -0.05) is 48.0 Å². The number of nitrogens with one attached hydrogen (secondary N) is 1. The Morgan fingerprint density at radius 1 is 1.12 bits per heavy atom. The summed E-state index contributed by atoms with van der Waals surface area (Å²) in [5.41, 5.74) is 5.65. The third-order valence-electron chi connectivity index (χ3n) is 4.83. The number of halogens is 2. The summed E-state index contributed by atoms with van der Waals surface area (Å²) < 4.78 is 25.0. The van der Waals surface area contributed by atoms with Crippen molar-refractivity contribution in [3.05, 3.63) is 106 Å². The maximum Gasteiger partial charge on any atom is 0.244 e. The fourth-order valence-electron chi connectivity index (χ4n) is 3.26. The first-order valence-electron chi connectivity index (χ1n) is 10.8. The number of hydrogen-bond donors (Lipinski definition) is 1. The molecule has 3 rings (SSSR count). The highest BCUT2D eigenvalue weighted by Gasteiger charge is 2.14. The quantitative estimate of drug-likeness (QED) is 0.212. The molecule has 0 fully saturated rings. The fraction of sp³-hybridized carbons (Fsp3) is 0.185. The molecule has 0 aliphatic rings. The minimum atomic E-state index is -0.345. The van der Waals surface area contributed by atoms with Crippen molar-refractivity contribution < 1.29 is 18.7 Å². The lowest BCUT2D eigenvalue weighted by Crippen LogP contribution is -2.19. The molecule has 0 unspecified atom stereocenters. The molecule has 0 bridgehead atoms. The highest BCUT2D eigenvalue weighted by atomic mass is 35.5. The van der Waals surface area contributed by atoms with Crippen molar-refractivity contribution in [2.24, 2.45) is 5.10 Å². The van der Waals surface area contributed by atoms with E-state index in [9.17, 15) is 9.18 Å². The van der Waals surface area contributed by atoms with Crippen molar-refractivity contribution in [1.29, 1.82) is 0 Å². The summed E-state index contributed by atoms with van der Waals surface area (Å²) in [6, 6.07) is 17.0. The van der Waals surface area contributed by atoms with Gasteiger partial charge in [-0.2, -0.15) is 5.10 Å². The molecule has 34 heavy (non-hydrogen) atoms. The molecule has 1 amide bonds. The summed E-state index contributed by atoms with van der Waals surface area (Å²) >= 11 is 6.26. The molecular formula is C27H26ClFN2O3. The molecule has 0 aliphatic heterocycles. The second-order valence-corrected chi connectivity index (χ2v) is 7.82. The molecule has 3 aromatic carbocycles. The normalized spacial score (nSPS) is 10.8. The summed E-state index contributed by atoms with van der Waals surface area (Å²) in [4.78, 5) is 12.1. The number of carbonyl (C=O) groups is 1. The highest BCUT2D eigenvalue weighted by Crippen LogP contribution is 2.34. The lowest BCUT2D eigenvalue weighted by molar-refractivity contribution is -0.120. The number of benzene rings is 3. The molecule has 3 aromatic rings. The van der Waals surface area contributed by atoms with Crippen molar-refractivity contribution >= 4 is 23.7 Å². The lowest BCUT2D eigenvalue weighted by atomic mass is 10.1. The van der Waals surface area contributed by atoms with Crippen LogP contribution in [-0.4, -0.2) is 18.7 Å². The summed E-state index contributed by atoms with van der Waals surface area (Å²) in [7, 11) is 0. The zero-order valence-electron chi connectivity index (χ0n) is 18.9. The standard InChI is InChI=1S/C27H26ClFN2O3/c1-3-7-21-14-20(17-30-31-26(32)16-19-10-12-23(29)13-11-19)15-25(33-4-2)27(21)34-18-22-8-5-6-9-24(22)28/h3,5-6,8-15,17H,1,4,7,16,18H2,2H3,(H,31,32)/b30-17+. The Labute approximate surface area is 203 Å². The van der Waals surface area contributed by atoms with E-state index in [1.807, 2.05) is 37.3 Å². The summed E-state index contributed by atoms with van der Waals surface area (Å²) in [6.45, 7) is 6.46. The van der Waals surface area contributed by atoms with Crippen molar-refractivity contribution in [1.82, 2.24) is 5.43 Å². The summed E-state index contributed by atoms with van der Waals surface area (Å²) in [5.74, 6) is 0.521. The van der Waals surface area contributed by atoms with Gasteiger partial charge in [0.2, 0.25) is 5.91 Å². The first-order valence-corrected chi connectivity index (χ1v) is 11.2. The van der Waals surface area contributed by atoms with Gasteiger partial charge >= 0.3 is 0 Å². The van der Waals surface area contributed by atoms with E-state index in [-0.39, 0.29) is 24.8 Å². The van der Waals surface area contributed by atoms with E-state index >= 15 is 0 Å². The minimum Gasteiger partial charge on any atom is -0.490 e. The van der Waals surface area contributed by atoms with Crippen LogP contribution in [0, 0.1) is 5.82 Å². The van der Waals surface area contributed by atoms with Crippen LogP contribution in [0.4, 0.5) is 4.39 Å². The Balaban J connectivity index is 1.75. The van der Waals surface area contributed by atoms with Crippen LogP contribution < -0.4 is 14.9 Å². The molecule has 1 N–H and O–H groups in total. The number of carbonyl (C=O) groups excluding carboxylic acids is 1. The topological polar surface area (TPSA) is 59.9 Å². The molecule has 0 saturated heterocycles. The Kier molecular flexibility index (Phi) is 9.23. The van der Waals surface area contributed by atoms with Crippen molar-refractivity contribution in [3.63, 3.8) is 0 Å². The number of hydrazone groups is 1. The molecule has 176 valence electrons. The molecule has 0 aliphatic carbocycles. The largest absolute Gasteiger partial charge is 0.490 e. The van der Waals surface area contributed by atoms with Crippen molar-refractivity contribution in [2.75, 3.05) is 6.61 Å².